The molecule has 26 heavy (non-hydrogen) atoms. The van der Waals surface area contributed by atoms with Crippen molar-refractivity contribution in [3.8, 4) is 11.5 Å². The first-order valence-electron chi connectivity index (χ1n) is 7.89. The molecule has 1 aliphatic rings. The van der Waals surface area contributed by atoms with Crippen molar-refractivity contribution < 1.29 is 27.4 Å². The second-order valence-corrected chi connectivity index (χ2v) is 5.61. The average molecular weight is 363 g/mol. The Kier molecular flexibility index (Phi) is 4.63. The lowest BCUT2D eigenvalue weighted by atomic mass is 10.0. The van der Waals surface area contributed by atoms with Gasteiger partial charge in [0, 0.05) is 16.8 Å². The molecule has 2 aromatic carbocycles. The van der Waals surface area contributed by atoms with Crippen molar-refractivity contribution in [1.82, 2.24) is 0 Å². The van der Waals surface area contributed by atoms with Crippen molar-refractivity contribution >= 4 is 23.2 Å². The molecule has 0 bridgehead atoms. The number of methoxy groups -OCH3 is 1. The minimum Gasteiger partial charge on any atom is -0.493 e. The number of nitrogens with one attached hydrogen (secondary N) is 1. The molecule has 7 heteroatoms. The predicted molar refractivity (Wildman–Crippen MR) is 92.1 cm³/mol. The summed E-state index contributed by atoms with van der Waals surface area (Å²) in [5.41, 5.74) is 0.737. The number of alkyl halides is 3. The van der Waals surface area contributed by atoms with E-state index in [0.29, 0.717) is 34.8 Å². The number of ether oxygens (including phenoxy) is 2. The van der Waals surface area contributed by atoms with E-state index in [2.05, 4.69) is 5.32 Å². The lowest BCUT2D eigenvalue weighted by Gasteiger charge is -2.10. The lowest BCUT2D eigenvalue weighted by Crippen LogP contribution is -2.06. The van der Waals surface area contributed by atoms with Gasteiger partial charge >= 0.3 is 6.18 Å². The molecule has 0 aromatic heterocycles. The van der Waals surface area contributed by atoms with Crippen LogP contribution in [0.25, 0.3) is 11.6 Å². The van der Waals surface area contributed by atoms with Gasteiger partial charge in [-0.25, -0.2) is 0 Å². The summed E-state index contributed by atoms with van der Waals surface area (Å²) in [7, 11) is 1.52. The van der Waals surface area contributed by atoms with Crippen molar-refractivity contribution in [3.05, 3.63) is 53.1 Å². The van der Waals surface area contributed by atoms with Crippen molar-refractivity contribution in [2.45, 2.75) is 13.1 Å². The summed E-state index contributed by atoms with van der Waals surface area (Å²) in [6, 6.07) is 8.36. The number of hydrogen-bond acceptors (Lipinski definition) is 3. The molecule has 4 nitrogen and oxygen atoms in total. The van der Waals surface area contributed by atoms with Gasteiger partial charge < -0.3 is 14.8 Å². The van der Waals surface area contributed by atoms with Crippen LogP contribution in [0.4, 0.5) is 18.9 Å². The molecule has 0 aliphatic carbocycles. The van der Waals surface area contributed by atoms with Gasteiger partial charge in [0.25, 0.3) is 5.91 Å². The van der Waals surface area contributed by atoms with Crippen molar-refractivity contribution in [1.29, 1.82) is 0 Å². The van der Waals surface area contributed by atoms with Crippen LogP contribution in [-0.2, 0) is 11.0 Å². The summed E-state index contributed by atoms with van der Waals surface area (Å²) < 4.78 is 49.2. The zero-order chi connectivity index (χ0) is 18.9. The van der Waals surface area contributed by atoms with Crippen LogP contribution in [0.15, 0.2) is 36.4 Å². The maximum Gasteiger partial charge on any atom is 0.416 e. The Hall–Kier alpha value is -2.96. The van der Waals surface area contributed by atoms with E-state index in [-0.39, 0.29) is 5.69 Å². The number of benzene rings is 2. The van der Waals surface area contributed by atoms with E-state index >= 15 is 0 Å². The van der Waals surface area contributed by atoms with Gasteiger partial charge in [-0.2, -0.15) is 13.2 Å². The first-order valence-corrected chi connectivity index (χ1v) is 7.89. The number of carbonyl (C=O) groups is 1. The van der Waals surface area contributed by atoms with Gasteiger partial charge in [-0.05, 0) is 42.8 Å². The predicted octanol–water partition coefficient (Wildman–Crippen LogP) is 4.61. The van der Waals surface area contributed by atoms with Gasteiger partial charge in [-0.15, -0.1) is 0 Å². The van der Waals surface area contributed by atoms with Crippen LogP contribution in [0.3, 0.4) is 0 Å². The van der Waals surface area contributed by atoms with Gasteiger partial charge in [-0.1, -0.05) is 12.1 Å². The van der Waals surface area contributed by atoms with E-state index in [1.165, 1.54) is 13.2 Å². The van der Waals surface area contributed by atoms with E-state index in [4.69, 9.17) is 9.47 Å². The minimum absolute atomic E-state index is 0.148. The molecule has 0 saturated heterocycles. The SMILES string of the molecule is CCOc1cc(/C=C2/C(=O)Nc3cc(C(F)(F)F)ccc32)ccc1OC. The van der Waals surface area contributed by atoms with Gasteiger partial charge in [0.05, 0.1) is 19.3 Å². The van der Waals surface area contributed by atoms with E-state index in [9.17, 15) is 18.0 Å². The number of carbonyl (C=O) groups excluding carboxylic acids is 1. The normalized spacial score (nSPS) is 15.0. The maximum absolute atomic E-state index is 12.8. The molecule has 2 aromatic rings. The highest BCUT2D eigenvalue weighted by Gasteiger charge is 2.33. The molecule has 0 fully saturated rings. The maximum atomic E-state index is 12.8. The van der Waals surface area contributed by atoms with Gasteiger partial charge in [0.15, 0.2) is 11.5 Å². The fourth-order valence-corrected chi connectivity index (χ4v) is 2.73. The van der Waals surface area contributed by atoms with E-state index < -0.39 is 17.6 Å². The molecule has 0 atom stereocenters. The van der Waals surface area contributed by atoms with Gasteiger partial charge in [0.2, 0.25) is 0 Å². The summed E-state index contributed by atoms with van der Waals surface area (Å²) in [5, 5.41) is 2.48. The Morgan fingerprint density at radius 3 is 2.54 bits per heavy atom. The van der Waals surface area contributed by atoms with E-state index in [1.54, 1.807) is 24.3 Å². The number of halogens is 3. The molecule has 3 rings (SSSR count). The molecule has 1 aliphatic heterocycles. The summed E-state index contributed by atoms with van der Waals surface area (Å²) in [4.78, 5) is 12.2. The van der Waals surface area contributed by atoms with Crippen LogP contribution in [0, 0.1) is 0 Å². The van der Waals surface area contributed by atoms with Crippen LogP contribution in [0.2, 0.25) is 0 Å². The quantitative estimate of drug-likeness (QED) is 0.808. The first-order chi connectivity index (χ1) is 12.3. The number of rotatable bonds is 4. The van der Waals surface area contributed by atoms with E-state index in [1.807, 2.05) is 6.92 Å². The van der Waals surface area contributed by atoms with Crippen molar-refractivity contribution in [2.75, 3.05) is 19.0 Å². The Bertz CT molecular complexity index is 888. The molecule has 136 valence electrons. The summed E-state index contributed by atoms with van der Waals surface area (Å²) in [6.45, 7) is 2.28. The summed E-state index contributed by atoms with van der Waals surface area (Å²) >= 11 is 0. The molecule has 0 unspecified atom stereocenters. The number of amides is 1. The third kappa shape index (κ3) is 3.37. The third-order valence-electron chi connectivity index (χ3n) is 3.93. The zero-order valence-electron chi connectivity index (χ0n) is 14.1. The third-order valence-corrected chi connectivity index (χ3v) is 3.93. The Morgan fingerprint density at radius 2 is 1.88 bits per heavy atom. The molecular weight excluding hydrogens is 347 g/mol. The monoisotopic (exact) mass is 363 g/mol. The molecule has 0 saturated carbocycles. The largest absolute Gasteiger partial charge is 0.493 e. The Morgan fingerprint density at radius 1 is 1.12 bits per heavy atom. The van der Waals surface area contributed by atoms with Crippen LogP contribution < -0.4 is 14.8 Å². The molecule has 0 radical (unpaired) electrons. The number of hydrogen-bond donors (Lipinski definition) is 1. The minimum atomic E-state index is -4.46. The fourth-order valence-electron chi connectivity index (χ4n) is 2.73. The second-order valence-electron chi connectivity index (χ2n) is 5.61. The Labute approximate surface area is 148 Å². The van der Waals surface area contributed by atoms with E-state index in [0.717, 1.165) is 12.1 Å². The van der Waals surface area contributed by atoms with Gasteiger partial charge in [0.1, 0.15) is 0 Å². The molecule has 0 spiro atoms. The highest BCUT2D eigenvalue weighted by atomic mass is 19.4. The van der Waals surface area contributed by atoms with Gasteiger partial charge in [-0.3, -0.25) is 4.79 Å². The second kappa shape index (κ2) is 6.74. The summed E-state index contributed by atoms with van der Waals surface area (Å²) in [5.74, 6) is 0.628. The molecule has 1 heterocycles. The lowest BCUT2D eigenvalue weighted by molar-refractivity contribution is -0.137. The standard InChI is InChI=1S/C19H16F3NO3/c1-3-26-17-9-11(4-7-16(17)25-2)8-14-13-6-5-12(19(20,21)22)10-15(13)23-18(14)24/h4-10H,3H2,1-2H3,(H,23,24)/b14-8+. The van der Waals surface area contributed by atoms with Crippen LogP contribution in [0.5, 0.6) is 11.5 Å². The Balaban J connectivity index is 2.01. The topological polar surface area (TPSA) is 47.6 Å². The highest BCUT2D eigenvalue weighted by Crippen LogP contribution is 2.39. The average Bonchev–Trinajstić information content (AvgIpc) is 2.90. The van der Waals surface area contributed by atoms with Crippen LogP contribution in [0.1, 0.15) is 23.6 Å². The first kappa shape index (κ1) is 17.8. The smallest absolute Gasteiger partial charge is 0.416 e. The van der Waals surface area contributed by atoms with Crippen molar-refractivity contribution in [2.24, 2.45) is 0 Å². The number of anilines is 1. The summed E-state index contributed by atoms with van der Waals surface area (Å²) in [6.07, 6.45) is -2.86. The molecule has 1 amide bonds. The molecule has 1 N–H and O–H groups in total. The highest BCUT2D eigenvalue weighted by molar-refractivity contribution is 6.34. The fraction of sp³-hybridized carbons (Fsp3) is 0.211. The van der Waals surface area contributed by atoms with Crippen molar-refractivity contribution in [3.63, 3.8) is 0 Å². The molecular formula is C19H16F3NO3. The zero-order valence-corrected chi connectivity index (χ0v) is 14.1. The van der Waals surface area contributed by atoms with Crippen LogP contribution in [-0.4, -0.2) is 19.6 Å². The number of fused-ring (bicyclic) bond motifs is 1. The van der Waals surface area contributed by atoms with Crippen LogP contribution >= 0.6 is 0 Å².